The van der Waals surface area contributed by atoms with Gasteiger partial charge in [-0.2, -0.15) is 0 Å². The van der Waals surface area contributed by atoms with Gasteiger partial charge in [-0.25, -0.2) is 0 Å². The first-order chi connectivity index (χ1) is 8.72. The predicted octanol–water partition coefficient (Wildman–Crippen LogP) is 5.79. The average molecular weight is 293 g/mol. The summed E-state index contributed by atoms with van der Waals surface area (Å²) in [4.78, 5) is 1.28. The molecule has 0 fully saturated rings. The summed E-state index contributed by atoms with van der Waals surface area (Å²) in [5.41, 5.74) is 2.60. The first kappa shape index (κ1) is 12.2. The molecular weight excluding hydrogens is 280 g/mol. The number of rotatable bonds is 3. The van der Waals surface area contributed by atoms with Gasteiger partial charge >= 0.3 is 0 Å². The van der Waals surface area contributed by atoms with E-state index in [0.717, 1.165) is 6.42 Å². The first-order valence-corrected chi connectivity index (χ1v) is 8.02. The minimum atomic E-state index is 0.0808. The standard InChI is InChI=1S/C15H13ClS2/c1-10-2-4-11(5-3-10)8-12(16)14-9-15-13(18-14)6-7-17-15/h2-7,9,12H,8H2,1H3. The Kier molecular flexibility index (Phi) is 3.42. The van der Waals surface area contributed by atoms with E-state index >= 15 is 0 Å². The molecule has 0 radical (unpaired) electrons. The summed E-state index contributed by atoms with van der Waals surface area (Å²) >= 11 is 10.1. The van der Waals surface area contributed by atoms with E-state index in [1.54, 1.807) is 11.3 Å². The lowest BCUT2D eigenvalue weighted by Crippen LogP contribution is -1.93. The van der Waals surface area contributed by atoms with Crippen molar-refractivity contribution in [1.82, 2.24) is 0 Å². The Morgan fingerprint density at radius 1 is 1.11 bits per heavy atom. The van der Waals surface area contributed by atoms with Gasteiger partial charge in [0.05, 0.1) is 5.38 Å². The second-order valence-corrected chi connectivity index (χ2v) is 7.05. The normalized spacial score (nSPS) is 13.0. The molecule has 3 rings (SSSR count). The summed E-state index contributed by atoms with van der Waals surface area (Å²) in [5, 5.41) is 2.21. The highest BCUT2D eigenvalue weighted by molar-refractivity contribution is 7.27. The van der Waals surface area contributed by atoms with Gasteiger partial charge < -0.3 is 0 Å². The van der Waals surface area contributed by atoms with Gasteiger partial charge in [-0.1, -0.05) is 29.8 Å². The molecule has 0 amide bonds. The number of benzene rings is 1. The van der Waals surface area contributed by atoms with Crippen LogP contribution in [0, 0.1) is 6.92 Å². The van der Waals surface area contributed by atoms with Gasteiger partial charge in [-0.3, -0.25) is 0 Å². The summed E-state index contributed by atoms with van der Waals surface area (Å²) in [6, 6.07) is 13.0. The topological polar surface area (TPSA) is 0 Å². The molecule has 3 heteroatoms. The molecule has 0 nitrogen and oxygen atoms in total. The Morgan fingerprint density at radius 3 is 2.61 bits per heavy atom. The lowest BCUT2D eigenvalue weighted by Gasteiger charge is -2.07. The fourth-order valence-corrected chi connectivity index (χ4v) is 4.44. The van der Waals surface area contributed by atoms with Crippen LogP contribution in [-0.2, 0) is 6.42 Å². The Bertz CT molecular complexity index is 620. The number of alkyl halides is 1. The Labute approximate surface area is 120 Å². The number of thiophene rings is 2. The van der Waals surface area contributed by atoms with Gasteiger partial charge in [0.25, 0.3) is 0 Å². The molecule has 0 aliphatic carbocycles. The molecule has 18 heavy (non-hydrogen) atoms. The lowest BCUT2D eigenvalue weighted by atomic mass is 10.1. The second kappa shape index (κ2) is 5.04. The average Bonchev–Trinajstić information content (AvgIpc) is 2.92. The maximum atomic E-state index is 6.52. The van der Waals surface area contributed by atoms with Crippen molar-refractivity contribution in [2.24, 2.45) is 0 Å². The van der Waals surface area contributed by atoms with Crippen molar-refractivity contribution < 1.29 is 0 Å². The van der Waals surface area contributed by atoms with Crippen molar-refractivity contribution in [3.63, 3.8) is 0 Å². The van der Waals surface area contributed by atoms with E-state index in [2.05, 4.69) is 48.7 Å². The third kappa shape index (κ3) is 2.46. The van der Waals surface area contributed by atoms with Gasteiger partial charge in [0.1, 0.15) is 0 Å². The summed E-state index contributed by atoms with van der Waals surface area (Å²) < 4.78 is 2.70. The van der Waals surface area contributed by atoms with E-state index in [4.69, 9.17) is 11.6 Å². The van der Waals surface area contributed by atoms with Crippen molar-refractivity contribution in [3.05, 3.63) is 57.8 Å². The Hall–Kier alpha value is -0.830. The molecule has 1 atom stereocenters. The van der Waals surface area contributed by atoms with Gasteiger partial charge in [0, 0.05) is 14.3 Å². The number of halogens is 1. The van der Waals surface area contributed by atoms with Crippen molar-refractivity contribution in [3.8, 4) is 0 Å². The van der Waals surface area contributed by atoms with E-state index < -0.39 is 0 Å². The molecule has 92 valence electrons. The largest absolute Gasteiger partial charge is 0.143 e. The Morgan fingerprint density at radius 2 is 1.89 bits per heavy atom. The van der Waals surface area contributed by atoms with Crippen LogP contribution in [0.1, 0.15) is 21.4 Å². The third-order valence-corrected chi connectivity index (χ3v) is 5.73. The molecule has 0 bridgehead atoms. The fourth-order valence-electron chi connectivity index (χ4n) is 1.97. The zero-order valence-corrected chi connectivity index (χ0v) is 12.4. The molecule has 2 aromatic heterocycles. The highest BCUT2D eigenvalue weighted by Crippen LogP contribution is 2.37. The monoisotopic (exact) mass is 292 g/mol. The summed E-state index contributed by atoms with van der Waals surface area (Å²) in [6.45, 7) is 2.11. The van der Waals surface area contributed by atoms with Crippen LogP contribution in [0.2, 0.25) is 0 Å². The first-order valence-electron chi connectivity index (χ1n) is 5.89. The molecule has 1 unspecified atom stereocenters. The molecule has 0 aliphatic heterocycles. The van der Waals surface area contributed by atoms with Crippen LogP contribution in [0.25, 0.3) is 9.40 Å². The van der Waals surface area contributed by atoms with Crippen LogP contribution in [0.4, 0.5) is 0 Å². The van der Waals surface area contributed by atoms with E-state index in [1.165, 1.54) is 25.4 Å². The third-order valence-electron chi connectivity index (χ3n) is 3.00. The van der Waals surface area contributed by atoms with Crippen LogP contribution >= 0.6 is 34.3 Å². The van der Waals surface area contributed by atoms with Crippen molar-refractivity contribution >= 4 is 43.7 Å². The second-order valence-electron chi connectivity index (χ2n) is 4.46. The summed E-state index contributed by atoms with van der Waals surface area (Å²) in [7, 11) is 0. The van der Waals surface area contributed by atoms with E-state index in [9.17, 15) is 0 Å². The van der Waals surface area contributed by atoms with E-state index in [0.29, 0.717) is 0 Å². The fraction of sp³-hybridized carbons (Fsp3) is 0.200. The maximum Gasteiger partial charge on any atom is 0.0719 e. The molecule has 2 heterocycles. The van der Waals surface area contributed by atoms with Crippen LogP contribution in [0.3, 0.4) is 0 Å². The maximum absolute atomic E-state index is 6.52. The number of hydrogen-bond donors (Lipinski definition) is 0. The number of fused-ring (bicyclic) bond motifs is 1. The van der Waals surface area contributed by atoms with Gasteiger partial charge in [-0.15, -0.1) is 34.3 Å². The highest BCUT2D eigenvalue weighted by Gasteiger charge is 2.13. The van der Waals surface area contributed by atoms with Gasteiger partial charge in [0.15, 0.2) is 0 Å². The van der Waals surface area contributed by atoms with Gasteiger partial charge in [0.2, 0.25) is 0 Å². The van der Waals surface area contributed by atoms with E-state index in [1.807, 2.05) is 11.3 Å². The molecule has 0 saturated carbocycles. The highest BCUT2D eigenvalue weighted by atomic mass is 35.5. The minimum absolute atomic E-state index is 0.0808. The Balaban J connectivity index is 1.80. The minimum Gasteiger partial charge on any atom is -0.143 e. The number of hydrogen-bond acceptors (Lipinski definition) is 2. The molecule has 0 saturated heterocycles. The van der Waals surface area contributed by atoms with Gasteiger partial charge in [-0.05, 0) is 36.4 Å². The van der Waals surface area contributed by atoms with Crippen LogP contribution in [0.15, 0.2) is 41.8 Å². The molecule has 3 aromatic rings. The zero-order valence-electron chi connectivity index (χ0n) is 10.0. The quantitative estimate of drug-likeness (QED) is 0.536. The molecule has 0 N–H and O–H groups in total. The summed E-state index contributed by atoms with van der Waals surface area (Å²) in [5.74, 6) is 0. The molecular formula is C15H13ClS2. The predicted molar refractivity (Wildman–Crippen MR) is 83.2 cm³/mol. The van der Waals surface area contributed by atoms with Crippen molar-refractivity contribution in [1.29, 1.82) is 0 Å². The number of aryl methyl sites for hydroxylation is 1. The summed E-state index contributed by atoms with van der Waals surface area (Å²) in [6.07, 6.45) is 0.898. The van der Waals surface area contributed by atoms with Crippen LogP contribution in [0.5, 0.6) is 0 Å². The molecule has 1 aromatic carbocycles. The van der Waals surface area contributed by atoms with Crippen LogP contribution < -0.4 is 0 Å². The molecule has 0 spiro atoms. The SMILES string of the molecule is Cc1ccc(CC(Cl)c2cc3sccc3s2)cc1. The van der Waals surface area contributed by atoms with E-state index in [-0.39, 0.29) is 5.38 Å². The van der Waals surface area contributed by atoms with Crippen molar-refractivity contribution in [2.45, 2.75) is 18.7 Å². The zero-order chi connectivity index (χ0) is 12.5. The van der Waals surface area contributed by atoms with Crippen molar-refractivity contribution in [2.75, 3.05) is 0 Å². The lowest BCUT2D eigenvalue weighted by molar-refractivity contribution is 0.940. The smallest absolute Gasteiger partial charge is 0.0719 e. The molecule has 0 aliphatic rings. The van der Waals surface area contributed by atoms with Crippen LogP contribution in [-0.4, -0.2) is 0 Å².